The predicted octanol–water partition coefficient (Wildman–Crippen LogP) is 5.61. The van der Waals surface area contributed by atoms with Gasteiger partial charge in [0, 0.05) is 25.4 Å². The van der Waals surface area contributed by atoms with Crippen molar-refractivity contribution in [3.8, 4) is 5.75 Å². The number of carbonyl (C=O) groups excluding carboxylic acids is 1. The van der Waals surface area contributed by atoms with Gasteiger partial charge in [-0.3, -0.25) is 0 Å². The Bertz CT molecular complexity index is 491. The number of urea groups is 1. The van der Waals surface area contributed by atoms with Crippen molar-refractivity contribution in [2.24, 2.45) is 5.92 Å². The maximum Gasteiger partial charge on any atom is 0.319 e. The van der Waals surface area contributed by atoms with E-state index in [0.717, 1.165) is 43.9 Å². The van der Waals surface area contributed by atoms with Crippen LogP contribution < -0.4 is 15.4 Å². The Morgan fingerprint density at radius 1 is 1.00 bits per heavy atom. The third-order valence-corrected chi connectivity index (χ3v) is 4.53. The van der Waals surface area contributed by atoms with Gasteiger partial charge in [-0.15, -0.1) is 0 Å². The first-order chi connectivity index (χ1) is 13.2. The van der Waals surface area contributed by atoms with Gasteiger partial charge in [0.25, 0.3) is 0 Å². The lowest BCUT2D eigenvalue weighted by Gasteiger charge is -2.14. The van der Waals surface area contributed by atoms with Crippen LogP contribution in [0.25, 0.3) is 0 Å². The Hall–Kier alpha value is -1.75. The van der Waals surface area contributed by atoms with Crippen molar-refractivity contribution in [2.75, 3.05) is 31.7 Å². The monoisotopic (exact) mass is 378 g/mol. The number of hydrogen-bond donors (Lipinski definition) is 2. The van der Waals surface area contributed by atoms with Gasteiger partial charge < -0.3 is 20.1 Å². The summed E-state index contributed by atoms with van der Waals surface area (Å²) in [6.45, 7) is 9.43. The van der Waals surface area contributed by atoms with Crippen LogP contribution in [-0.4, -0.2) is 32.4 Å². The molecule has 1 aromatic rings. The predicted molar refractivity (Wildman–Crippen MR) is 113 cm³/mol. The van der Waals surface area contributed by atoms with Crippen LogP contribution in [0.15, 0.2) is 24.3 Å². The summed E-state index contributed by atoms with van der Waals surface area (Å²) in [7, 11) is 0. The van der Waals surface area contributed by atoms with Gasteiger partial charge in [-0.2, -0.15) is 0 Å². The number of unbranched alkanes of at least 4 members (excludes halogenated alkanes) is 2. The Morgan fingerprint density at radius 3 is 2.41 bits per heavy atom. The van der Waals surface area contributed by atoms with E-state index in [1.165, 1.54) is 25.7 Å². The summed E-state index contributed by atoms with van der Waals surface area (Å²) in [6.07, 6.45) is 7.91. The molecule has 0 fully saturated rings. The quantitative estimate of drug-likeness (QED) is 0.390. The molecule has 5 nitrogen and oxygen atoms in total. The zero-order chi connectivity index (χ0) is 19.7. The highest BCUT2D eigenvalue weighted by atomic mass is 16.5. The highest BCUT2D eigenvalue weighted by molar-refractivity contribution is 5.89. The van der Waals surface area contributed by atoms with Crippen LogP contribution in [0.4, 0.5) is 10.5 Å². The van der Waals surface area contributed by atoms with Gasteiger partial charge in [0.1, 0.15) is 5.75 Å². The molecule has 1 unspecified atom stereocenters. The van der Waals surface area contributed by atoms with Gasteiger partial charge >= 0.3 is 6.03 Å². The smallest absolute Gasteiger partial charge is 0.319 e. The molecule has 1 atom stereocenters. The van der Waals surface area contributed by atoms with Crippen LogP contribution in [0, 0.1) is 5.92 Å². The number of anilines is 1. The molecule has 0 aromatic heterocycles. The van der Waals surface area contributed by atoms with Gasteiger partial charge in [-0.1, -0.05) is 46.5 Å². The van der Waals surface area contributed by atoms with E-state index in [-0.39, 0.29) is 6.03 Å². The average Bonchev–Trinajstić information content (AvgIpc) is 2.68. The minimum Gasteiger partial charge on any atom is -0.494 e. The lowest BCUT2D eigenvalue weighted by atomic mass is 10.0. The number of carbonyl (C=O) groups is 1. The third kappa shape index (κ3) is 11.5. The van der Waals surface area contributed by atoms with Gasteiger partial charge in [0.2, 0.25) is 0 Å². The molecule has 0 saturated carbocycles. The van der Waals surface area contributed by atoms with Crippen molar-refractivity contribution in [3.05, 3.63) is 24.3 Å². The summed E-state index contributed by atoms with van der Waals surface area (Å²) < 4.78 is 11.4. The number of nitrogens with one attached hydrogen (secondary N) is 2. The molecule has 5 heteroatoms. The van der Waals surface area contributed by atoms with E-state index >= 15 is 0 Å². The maximum absolute atomic E-state index is 11.9. The van der Waals surface area contributed by atoms with Crippen LogP contribution in [0.1, 0.15) is 65.7 Å². The van der Waals surface area contributed by atoms with Crippen molar-refractivity contribution in [1.82, 2.24) is 5.32 Å². The first kappa shape index (κ1) is 23.3. The number of amides is 2. The summed E-state index contributed by atoms with van der Waals surface area (Å²) in [4.78, 5) is 11.9. The van der Waals surface area contributed by atoms with Gasteiger partial charge in [-0.05, 0) is 49.4 Å². The molecule has 27 heavy (non-hydrogen) atoms. The average molecular weight is 379 g/mol. The summed E-state index contributed by atoms with van der Waals surface area (Å²) >= 11 is 0. The second-order valence-electron chi connectivity index (χ2n) is 6.95. The number of hydrogen-bond acceptors (Lipinski definition) is 3. The van der Waals surface area contributed by atoms with E-state index in [1.807, 2.05) is 24.3 Å². The van der Waals surface area contributed by atoms with E-state index < -0.39 is 0 Å². The van der Waals surface area contributed by atoms with Gasteiger partial charge in [0.15, 0.2) is 0 Å². The molecule has 2 N–H and O–H groups in total. The third-order valence-electron chi connectivity index (χ3n) is 4.53. The molecule has 0 aliphatic rings. The van der Waals surface area contributed by atoms with Crippen molar-refractivity contribution >= 4 is 11.7 Å². The molecule has 0 aliphatic heterocycles. The summed E-state index contributed by atoms with van der Waals surface area (Å²) in [5.41, 5.74) is 0.758. The first-order valence-electron chi connectivity index (χ1n) is 10.5. The molecule has 0 saturated heterocycles. The second kappa shape index (κ2) is 15.3. The molecule has 2 amide bonds. The fourth-order valence-corrected chi connectivity index (χ4v) is 2.67. The summed E-state index contributed by atoms with van der Waals surface area (Å²) in [6, 6.07) is 7.27. The Balaban J connectivity index is 2.11. The van der Waals surface area contributed by atoms with Crippen LogP contribution in [0.2, 0.25) is 0 Å². The van der Waals surface area contributed by atoms with Crippen molar-refractivity contribution < 1.29 is 14.3 Å². The molecule has 1 aromatic carbocycles. The van der Waals surface area contributed by atoms with Gasteiger partial charge in [-0.25, -0.2) is 4.79 Å². The van der Waals surface area contributed by atoms with Crippen molar-refractivity contribution in [1.29, 1.82) is 0 Å². The van der Waals surface area contributed by atoms with Crippen LogP contribution >= 0.6 is 0 Å². The highest BCUT2D eigenvalue weighted by Crippen LogP contribution is 2.16. The molecule has 0 bridgehead atoms. The van der Waals surface area contributed by atoms with E-state index in [9.17, 15) is 4.79 Å². The van der Waals surface area contributed by atoms with E-state index in [4.69, 9.17) is 9.47 Å². The minimum absolute atomic E-state index is 0.191. The molecule has 0 radical (unpaired) electrons. The topological polar surface area (TPSA) is 59.6 Å². The van der Waals surface area contributed by atoms with Crippen LogP contribution in [-0.2, 0) is 4.74 Å². The molecular formula is C22H38N2O3. The molecule has 1 rings (SSSR count). The normalized spacial score (nSPS) is 11.8. The lowest BCUT2D eigenvalue weighted by molar-refractivity contribution is 0.0925. The van der Waals surface area contributed by atoms with Crippen molar-refractivity contribution in [3.63, 3.8) is 0 Å². The maximum atomic E-state index is 11.9. The number of benzene rings is 1. The number of rotatable bonds is 15. The fraction of sp³-hybridized carbons (Fsp3) is 0.682. The lowest BCUT2D eigenvalue weighted by Crippen LogP contribution is -2.30. The fourth-order valence-electron chi connectivity index (χ4n) is 2.67. The molecule has 0 aliphatic carbocycles. The Morgan fingerprint density at radius 2 is 1.74 bits per heavy atom. The minimum atomic E-state index is -0.191. The summed E-state index contributed by atoms with van der Waals surface area (Å²) in [5.74, 6) is 1.49. The zero-order valence-electron chi connectivity index (χ0n) is 17.4. The molecule has 0 spiro atoms. The van der Waals surface area contributed by atoms with E-state index in [1.54, 1.807) is 0 Å². The van der Waals surface area contributed by atoms with E-state index in [2.05, 4.69) is 31.4 Å². The molecule has 154 valence electrons. The Kier molecular flexibility index (Phi) is 13.2. The highest BCUT2D eigenvalue weighted by Gasteiger charge is 2.06. The number of ether oxygens (including phenoxy) is 2. The van der Waals surface area contributed by atoms with Crippen molar-refractivity contribution in [2.45, 2.75) is 65.7 Å². The van der Waals surface area contributed by atoms with Crippen LogP contribution in [0.3, 0.4) is 0 Å². The van der Waals surface area contributed by atoms with E-state index in [0.29, 0.717) is 19.1 Å². The largest absolute Gasteiger partial charge is 0.494 e. The van der Waals surface area contributed by atoms with Gasteiger partial charge in [0.05, 0.1) is 6.61 Å². The molecule has 0 heterocycles. The zero-order valence-corrected chi connectivity index (χ0v) is 17.4. The van der Waals surface area contributed by atoms with Crippen LogP contribution in [0.5, 0.6) is 5.75 Å². The first-order valence-corrected chi connectivity index (χ1v) is 10.5. The summed E-state index contributed by atoms with van der Waals surface area (Å²) in [5, 5.41) is 5.69. The Labute approximate surface area is 165 Å². The second-order valence-corrected chi connectivity index (χ2v) is 6.95. The SMILES string of the molecule is CCCCOc1ccc(NC(=O)NCCCOCC(CC)CCCC)cc1. The standard InChI is InChI=1S/C22H38N2O3/c1-4-7-10-19(6-3)18-26-16-9-15-23-22(25)24-20-11-13-21(14-12-20)27-17-8-5-2/h11-14,19H,4-10,15-18H2,1-3H3,(H2,23,24,25). The molecular weight excluding hydrogens is 340 g/mol.